The van der Waals surface area contributed by atoms with Gasteiger partial charge in [-0.1, -0.05) is 17.7 Å². The van der Waals surface area contributed by atoms with Gasteiger partial charge in [-0.15, -0.1) is 0 Å². The van der Waals surface area contributed by atoms with Crippen molar-refractivity contribution in [3.05, 3.63) is 53.1 Å². The fraction of sp³-hybridized carbons (Fsp3) is 0.500. The van der Waals surface area contributed by atoms with Crippen LogP contribution < -0.4 is 24.3 Å². The Balaban J connectivity index is 1.39. The minimum Gasteiger partial charge on any atom is -0.497 e. The number of carbonyl (C=O) groups is 2. The van der Waals surface area contributed by atoms with Crippen molar-refractivity contribution in [3.8, 4) is 23.0 Å². The van der Waals surface area contributed by atoms with Gasteiger partial charge in [0.1, 0.15) is 24.0 Å². The van der Waals surface area contributed by atoms with Gasteiger partial charge in [0.15, 0.2) is 17.2 Å². The molecule has 228 valence electrons. The third-order valence-electron chi connectivity index (χ3n) is 10.6. The number of methoxy groups -OCH3 is 5. The number of ether oxygens (including phenoxy) is 7. The van der Waals surface area contributed by atoms with E-state index in [0.717, 1.165) is 16.8 Å². The molecular formula is C32H36N2O9. The monoisotopic (exact) mass is 592 g/mol. The highest BCUT2D eigenvalue weighted by molar-refractivity contribution is 5.92. The summed E-state index contributed by atoms with van der Waals surface area (Å²) >= 11 is 0. The standard InChI is InChI=1S/C32H36N2O9/c1-7-17-15-34-25-13-21(17)30(29(36)41-6,16-42-28(35)18-10-23(38-3)27(40-5)24(11-18)39-4)31-14-26(34)43-32(25,31)33-22-12-19(37-2)8-9-20(22)31/h7-12,21,25-26,33H,13-16H2,1-6H3/b17-7-/t21-,25+,26+,30?,31+,32+/m1/s1. The molecule has 0 radical (unpaired) electrons. The van der Waals surface area contributed by atoms with Crippen LogP contribution in [0.15, 0.2) is 42.0 Å². The summed E-state index contributed by atoms with van der Waals surface area (Å²) in [5.41, 5.74) is 0.0224. The lowest BCUT2D eigenvalue weighted by Crippen LogP contribution is -2.78. The maximum absolute atomic E-state index is 14.5. The second-order valence-electron chi connectivity index (χ2n) is 11.7. The minimum absolute atomic E-state index is 0.0157. The number of hydrogen-bond acceptors (Lipinski definition) is 11. The summed E-state index contributed by atoms with van der Waals surface area (Å²) in [6.45, 7) is 2.44. The lowest BCUT2D eigenvalue weighted by Gasteiger charge is -2.64. The van der Waals surface area contributed by atoms with E-state index in [2.05, 4.69) is 16.3 Å². The van der Waals surface area contributed by atoms with E-state index < -0.39 is 28.5 Å². The second-order valence-corrected chi connectivity index (χ2v) is 11.7. The van der Waals surface area contributed by atoms with Gasteiger partial charge in [0.2, 0.25) is 5.75 Å². The van der Waals surface area contributed by atoms with Crippen molar-refractivity contribution in [3.63, 3.8) is 0 Å². The number of fused-ring (bicyclic) bond motifs is 4. The molecule has 7 rings (SSSR count). The maximum Gasteiger partial charge on any atom is 0.338 e. The Morgan fingerprint density at radius 1 is 1.05 bits per heavy atom. The van der Waals surface area contributed by atoms with Crippen LogP contribution in [0.2, 0.25) is 0 Å². The molecule has 2 aromatic rings. The maximum atomic E-state index is 14.5. The number of piperidine rings is 2. The first kappa shape index (κ1) is 27.8. The highest BCUT2D eigenvalue weighted by Gasteiger charge is 2.87. The number of rotatable bonds is 8. The fourth-order valence-corrected chi connectivity index (χ4v) is 8.92. The SMILES string of the molecule is C/C=C1/CN2[C@@H]3C[C@@]45c6ccc(OC)cc6N[C@]4(O3)[C@@H]2C[C@H]1C5(COC(=O)c1cc(OC)c(OC)c(OC)c1)C(=O)OC. The number of esters is 2. The van der Waals surface area contributed by atoms with Crippen molar-refractivity contribution in [2.45, 2.75) is 43.2 Å². The zero-order valence-electron chi connectivity index (χ0n) is 25.1. The van der Waals surface area contributed by atoms with Crippen molar-refractivity contribution in [1.29, 1.82) is 0 Å². The van der Waals surface area contributed by atoms with E-state index in [1.165, 1.54) is 28.4 Å². The minimum atomic E-state index is -1.29. The molecule has 4 heterocycles. The van der Waals surface area contributed by atoms with E-state index in [1.54, 1.807) is 19.2 Å². The molecule has 0 amide bonds. The van der Waals surface area contributed by atoms with Crippen molar-refractivity contribution in [2.24, 2.45) is 11.3 Å². The van der Waals surface area contributed by atoms with Crippen LogP contribution in [0.3, 0.4) is 0 Å². The van der Waals surface area contributed by atoms with Crippen LogP contribution in [0.25, 0.3) is 0 Å². The third-order valence-corrected chi connectivity index (χ3v) is 10.6. The van der Waals surface area contributed by atoms with Crippen LogP contribution in [0.1, 0.15) is 35.7 Å². The van der Waals surface area contributed by atoms with E-state index in [4.69, 9.17) is 33.2 Å². The molecule has 4 fully saturated rings. The molecule has 1 spiro atoms. The molecule has 5 aliphatic rings. The van der Waals surface area contributed by atoms with Gasteiger partial charge in [0.05, 0.1) is 52.6 Å². The van der Waals surface area contributed by atoms with Gasteiger partial charge in [-0.2, -0.15) is 0 Å². The van der Waals surface area contributed by atoms with E-state index in [0.29, 0.717) is 42.4 Å². The number of allylic oxidation sites excluding steroid dienone is 1. The Kier molecular flexibility index (Phi) is 6.17. The van der Waals surface area contributed by atoms with Gasteiger partial charge in [-0.05, 0) is 37.1 Å². The van der Waals surface area contributed by atoms with E-state index >= 15 is 0 Å². The van der Waals surface area contributed by atoms with Crippen molar-refractivity contribution < 1.29 is 42.7 Å². The largest absolute Gasteiger partial charge is 0.497 e. The molecule has 4 aliphatic heterocycles. The third kappa shape index (κ3) is 3.21. The van der Waals surface area contributed by atoms with Crippen molar-refractivity contribution in [1.82, 2.24) is 4.90 Å². The lowest BCUT2D eigenvalue weighted by molar-refractivity contribution is -0.191. The number of nitrogens with zero attached hydrogens (tertiary/aromatic N) is 1. The average Bonchev–Trinajstić information content (AvgIpc) is 3.65. The van der Waals surface area contributed by atoms with Gasteiger partial charge >= 0.3 is 11.9 Å². The Morgan fingerprint density at radius 2 is 1.79 bits per heavy atom. The van der Waals surface area contributed by atoms with Crippen LogP contribution in [-0.4, -0.2) is 83.5 Å². The van der Waals surface area contributed by atoms with Gasteiger partial charge in [-0.25, -0.2) is 4.79 Å². The fourth-order valence-electron chi connectivity index (χ4n) is 8.92. The van der Waals surface area contributed by atoms with Gasteiger partial charge in [0.25, 0.3) is 0 Å². The number of benzene rings is 2. The first-order chi connectivity index (χ1) is 20.8. The number of hydrogen-bond donors (Lipinski definition) is 1. The van der Waals surface area contributed by atoms with Crippen molar-refractivity contribution in [2.75, 3.05) is 54.0 Å². The highest BCUT2D eigenvalue weighted by Crippen LogP contribution is 2.76. The number of carbonyl (C=O) groups excluding carboxylic acids is 2. The summed E-state index contributed by atoms with van der Waals surface area (Å²) in [6.07, 6.45) is 3.06. The van der Waals surface area contributed by atoms with Crippen LogP contribution in [-0.2, 0) is 24.4 Å². The highest BCUT2D eigenvalue weighted by atomic mass is 16.6. The molecule has 1 N–H and O–H groups in total. The topological polar surface area (TPSA) is 114 Å². The molecule has 11 heteroatoms. The first-order valence-electron chi connectivity index (χ1n) is 14.4. The van der Waals surface area contributed by atoms with Gasteiger partial charge in [0, 0.05) is 30.6 Å². The number of nitrogens with one attached hydrogen (secondary N) is 1. The van der Waals surface area contributed by atoms with Gasteiger partial charge < -0.3 is 38.5 Å². The molecule has 3 saturated heterocycles. The summed E-state index contributed by atoms with van der Waals surface area (Å²) in [6, 6.07) is 8.96. The van der Waals surface area contributed by atoms with Crippen LogP contribution in [0.4, 0.5) is 5.69 Å². The molecule has 11 nitrogen and oxygen atoms in total. The summed E-state index contributed by atoms with van der Waals surface area (Å²) < 4.78 is 40.6. The molecule has 4 bridgehead atoms. The van der Waals surface area contributed by atoms with Crippen LogP contribution in [0, 0.1) is 11.3 Å². The Morgan fingerprint density at radius 3 is 2.42 bits per heavy atom. The Bertz CT molecular complexity index is 1530. The van der Waals surface area contributed by atoms with Crippen molar-refractivity contribution >= 4 is 17.6 Å². The predicted molar refractivity (Wildman–Crippen MR) is 154 cm³/mol. The van der Waals surface area contributed by atoms with E-state index in [-0.39, 0.29) is 30.4 Å². The summed E-state index contributed by atoms with van der Waals surface area (Å²) in [5.74, 6) is 0.397. The summed E-state index contributed by atoms with van der Waals surface area (Å²) in [5, 5.41) is 3.72. The number of anilines is 1. The quantitative estimate of drug-likeness (QED) is 0.359. The summed E-state index contributed by atoms with van der Waals surface area (Å²) in [4.78, 5) is 30.7. The smallest absolute Gasteiger partial charge is 0.338 e. The molecular weight excluding hydrogens is 556 g/mol. The lowest BCUT2D eigenvalue weighted by atomic mass is 9.42. The van der Waals surface area contributed by atoms with E-state index in [1.807, 2.05) is 25.1 Å². The average molecular weight is 593 g/mol. The molecule has 0 aromatic heterocycles. The molecule has 1 aliphatic carbocycles. The Hall–Kier alpha value is -3.96. The second kappa shape index (κ2) is 9.52. The Labute approximate surface area is 249 Å². The zero-order valence-corrected chi connectivity index (χ0v) is 25.1. The van der Waals surface area contributed by atoms with Gasteiger partial charge in [-0.3, -0.25) is 9.69 Å². The molecule has 43 heavy (non-hydrogen) atoms. The zero-order chi connectivity index (χ0) is 30.3. The first-order valence-corrected chi connectivity index (χ1v) is 14.4. The predicted octanol–water partition coefficient (Wildman–Crippen LogP) is 3.51. The molecule has 1 saturated carbocycles. The normalized spacial score (nSPS) is 33.4. The van der Waals surface area contributed by atoms with E-state index in [9.17, 15) is 9.59 Å². The molecule has 1 unspecified atom stereocenters. The van der Waals surface area contributed by atoms with Crippen LogP contribution in [0.5, 0.6) is 23.0 Å². The molecule has 6 atom stereocenters. The van der Waals surface area contributed by atoms with Crippen LogP contribution >= 0.6 is 0 Å². The summed E-state index contributed by atoms with van der Waals surface area (Å²) in [7, 11) is 7.48. The molecule has 2 aromatic carbocycles.